The molecule has 3 aromatic rings. The summed E-state index contributed by atoms with van der Waals surface area (Å²) < 4.78 is 0. The first-order valence-electron chi connectivity index (χ1n) is 9.92. The Balaban J connectivity index is 1.53. The largest absolute Gasteiger partial charge is 0.352 e. The fraction of sp³-hybridized carbons (Fsp3) is 0.261. The van der Waals surface area contributed by atoms with Crippen molar-refractivity contribution in [1.82, 2.24) is 15.2 Å². The maximum absolute atomic E-state index is 12.6. The standard InChI is InChI=1S/C23H24N4OS2/c1-15-7-3-4-8-17(15)25-19(28)10-13-27-21(22-16(2)11-14-30-22)20(26-23(27)29)18-9-5-6-12-24-18/h3-9,11-12,14,20-21H,10,13H2,1-2H3,(H,25,28)(H,26,29)/t20-,21-/m1/s1. The summed E-state index contributed by atoms with van der Waals surface area (Å²) in [6, 6.07) is 15.8. The molecule has 1 aliphatic heterocycles. The van der Waals surface area contributed by atoms with Crippen LogP contribution in [0.3, 0.4) is 0 Å². The average Bonchev–Trinajstić information content (AvgIpc) is 3.31. The number of hydrogen-bond acceptors (Lipinski definition) is 4. The van der Waals surface area contributed by atoms with Crippen molar-refractivity contribution in [2.45, 2.75) is 32.4 Å². The van der Waals surface area contributed by atoms with Crippen molar-refractivity contribution < 1.29 is 4.79 Å². The third-order valence-electron chi connectivity index (χ3n) is 5.37. The predicted molar refractivity (Wildman–Crippen MR) is 126 cm³/mol. The van der Waals surface area contributed by atoms with Crippen molar-refractivity contribution in [3.05, 3.63) is 81.8 Å². The van der Waals surface area contributed by atoms with Gasteiger partial charge in [-0.3, -0.25) is 9.78 Å². The Bertz CT molecular complexity index is 1050. The molecule has 0 aliphatic carbocycles. The van der Waals surface area contributed by atoms with Gasteiger partial charge in [-0.1, -0.05) is 24.3 Å². The minimum Gasteiger partial charge on any atom is -0.352 e. The molecule has 1 saturated heterocycles. The summed E-state index contributed by atoms with van der Waals surface area (Å²) in [5.74, 6) is -0.0185. The molecule has 7 heteroatoms. The minimum absolute atomic E-state index is 0.0126. The number of amides is 1. The van der Waals surface area contributed by atoms with Gasteiger partial charge in [-0.25, -0.2) is 0 Å². The quantitative estimate of drug-likeness (QED) is 0.546. The topological polar surface area (TPSA) is 57.3 Å². The van der Waals surface area contributed by atoms with Crippen molar-refractivity contribution in [2.24, 2.45) is 0 Å². The molecular formula is C23H24N4OS2. The molecule has 4 rings (SSSR count). The molecular weight excluding hydrogens is 412 g/mol. The molecule has 1 aliphatic rings. The summed E-state index contributed by atoms with van der Waals surface area (Å²) in [4.78, 5) is 20.6. The van der Waals surface area contributed by atoms with Crippen LogP contribution in [0.4, 0.5) is 5.69 Å². The molecule has 2 N–H and O–H groups in total. The van der Waals surface area contributed by atoms with Crippen molar-refractivity contribution in [2.75, 3.05) is 11.9 Å². The van der Waals surface area contributed by atoms with Crippen LogP contribution in [-0.2, 0) is 4.79 Å². The summed E-state index contributed by atoms with van der Waals surface area (Å²) >= 11 is 7.39. The number of para-hydroxylation sites is 1. The van der Waals surface area contributed by atoms with E-state index in [9.17, 15) is 4.79 Å². The molecule has 0 bridgehead atoms. The second-order valence-corrected chi connectivity index (χ2v) is 8.74. The zero-order chi connectivity index (χ0) is 21.1. The number of thiophene rings is 1. The van der Waals surface area contributed by atoms with Crippen LogP contribution in [0, 0.1) is 13.8 Å². The van der Waals surface area contributed by atoms with E-state index in [-0.39, 0.29) is 18.0 Å². The molecule has 1 fully saturated rings. The van der Waals surface area contributed by atoms with E-state index in [1.807, 2.05) is 49.4 Å². The predicted octanol–water partition coefficient (Wildman–Crippen LogP) is 4.76. The van der Waals surface area contributed by atoms with E-state index in [1.54, 1.807) is 17.5 Å². The number of anilines is 1. The van der Waals surface area contributed by atoms with E-state index < -0.39 is 0 Å². The van der Waals surface area contributed by atoms with Crippen LogP contribution >= 0.6 is 23.6 Å². The first-order chi connectivity index (χ1) is 14.5. The number of rotatable bonds is 6. The molecule has 0 radical (unpaired) electrons. The van der Waals surface area contributed by atoms with Crippen LogP contribution in [-0.4, -0.2) is 27.4 Å². The number of carbonyl (C=O) groups excluding carboxylic acids is 1. The molecule has 0 saturated carbocycles. The Morgan fingerprint density at radius 2 is 1.97 bits per heavy atom. The molecule has 3 heterocycles. The zero-order valence-corrected chi connectivity index (χ0v) is 18.6. The van der Waals surface area contributed by atoms with Gasteiger partial charge in [0, 0.05) is 29.7 Å². The van der Waals surface area contributed by atoms with Gasteiger partial charge in [0.15, 0.2) is 5.11 Å². The van der Waals surface area contributed by atoms with Gasteiger partial charge in [0.25, 0.3) is 0 Å². The normalized spacial score (nSPS) is 18.3. The third-order valence-corrected chi connectivity index (χ3v) is 6.81. The highest BCUT2D eigenvalue weighted by molar-refractivity contribution is 7.80. The lowest BCUT2D eigenvalue weighted by Crippen LogP contribution is -2.32. The summed E-state index contributed by atoms with van der Waals surface area (Å²) in [7, 11) is 0. The average molecular weight is 437 g/mol. The lowest BCUT2D eigenvalue weighted by molar-refractivity contribution is -0.116. The summed E-state index contributed by atoms with van der Waals surface area (Å²) in [6.07, 6.45) is 2.16. The first-order valence-corrected chi connectivity index (χ1v) is 11.2. The number of carbonyl (C=O) groups is 1. The zero-order valence-electron chi connectivity index (χ0n) is 17.0. The van der Waals surface area contributed by atoms with E-state index in [4.69, 9.17) is 12.2 Å². The number of pyridine rings is 1. The Labute approximate surface area is 186 Å². The highest BCUT2D eigenvalue weighted by Crippen LogP contribution is 2.41. The molecule has 1 amide bonds. The Hall–Kier alpha value is -2.77. The maximum atomic E-state index is 12.6. The Morgan fingerprint density at radius 3 is 2.67 bits per heavy atom. The molecule has 0 spiro atoms. The molecule has 2 atom stereocenters. The van der Waals surface area contributed by atoms with Gasteiger partial charge in [-0.15, -0.1) is 11.3 Å². The van der Waals surface area contributed by atoms with Crippen LogP contribution in [0.5, 0.6) is 0 Å². The molecule has 0 unspecified atom stereocenters. The van der Waals surface area contributed by atoms with E-state index in [0.29, 0.717) is 18.1 Å². The minimum atomic E-state index is -0.0459. The lowest BCUT2D eigenvalue weighted by atomic mass is 10.0. The Morgan fingerprint density at radius 1 is 1.17 bits per heavy atom. The van der Waals surface area contributed by atoms with Gasteiger partial charge < -0.3 is 15.5 Å². The summed E-state index contributed by atoms with van der Waals surface area (Å²) in [5.41, 5.74) is 4.07. The maximum Gasteiger partial charge on any atom is 0.226 e. The van der Waals surface area contributed by atoms with Gasteiger partial charge in [0.1, 0.15) is 0 Å². The van der Waals surface area contributed by atoms with Gasteiger partial charge in [0.2, 0.25) is 5.91 Å². The van der Waals surface area contributed by atoms with Crippen LogP contribution in [0.25, 0.3) is 0 Å². The molecule has 154 valence electrons. The lowest BCUT2D eigenvalue weighted by Gasteiger charge is -2.27. The highest BCUT2D eigenvalue weighted by Gasteiger charge is 2.40. The summed E-state index contributed by atoms with van der Waals surface area (Å²) in [6.45, 7) is 4.64. The van der Waals surface area contributed by atoms with E-state index in [0.717, 1.165) is 16.9 Å². The van der Waals surface area contributed by atoms with Gasteiger partial charge in [-0.05, 0) is 66.8 Å². The van der Waals surface area contributed by atoms with Crippen molar-refractivity contribution in [3.8, 4) is 0 Å². The van der Waals surface area contributed by atoms with E-state index in [2.05, 4.69) is 38.9 Å². The van der Waals surface area contributed by atoms with E-state index in [1.165, 1.54) is 10.4 Å². The number of aryl methyl sites for hydroxylation is 2. The second-order valence-electron chi connectivity index (χ2n) is 7.40. The number of aromatic nitrogens is 1. The monoisotopic (exact) mass is 436 g/mol. The van der Waals surface area contributed by atoms with Crippen LogP contribution in [0.2, 0.25) is 0 Å². The molecule has 2 aromatic heterocycles. The fourth-order valence-corrected chi connectivity index (χ4v) is 5.17. The van der Waals surface area contributed by atoms with Gasteiger partial charge in [-0.2, -0.15) is 0 Å². The van der Waals surface area contributed by atoms with Crippen molar-refractivity contribution >= 4 is 40.3 Å². The van der Waals surface area contributed by atoms with E-state index >= 15 is 0 Å². The van der Waals surface area contributed by atoms with Gasteiger partial charge >= 0.3 is 0 Å². The first kappa shape index (κ1) is 20.5. The SMILES string of the molecule is Cc1ccccc1NC(=O)CCN1C(=S)N[C@H](c2ccccn2)[C@@H]1c1sccc1C. The molecule has 5 nitrogen and oxygen atoms in total. The van der Waals surface area contributed by atoms with Crippen LogP contribution < -0.4 is 10.6 Å². The number of nitrogens with one attached hydrogen (secondary N) is 2. The van der Waals surface area contributed by atoms with Crippen molar-refractivity contribution in [1.29, 1.82) is 0 Å². The number of benzene rings is 1. The number of nitrogens with zero attached hydrogens (tertiary/aromatic N) is 2. The molecule has 30 heavy (non-hydrogen) atoms. The summed E-state index contributed by atoms with van der Waals surface area (Å²) in [5, 5.41) is 9.21. The third kappa shape index (κ3) is 4.22. The smallest absolute Gasteiger partial charge is 0.226 e. The second kappa shape index (κ2) is 8.93. The fourth-order valence-electron chi connectivity index (χ4n) is 3.77. The van der Waals surface area contributed by atoms with Crippen molar-refractivity contribution in [3.63, 3.8) is 0 Å². The molecule has 1 aromatic carbocycles. The highest BCUT2D eigenvalue weighted by atomic mass is 32.1. The number of thiocarbonyl (C=S) groups is 1. The van der Waals surface area contributed by atoms with Gasteiger partial charge in [0.05, 0.1) is 17.8 Å². The van der Waals surface area contributed by atoms with Crippen LogP contribution in [0.1, 0.15) is 40.2 Å². The van der Waals surface area contributed by atoms with Crippen LogP contribution in [0.15, 0.2) is 60.1 Å². The Kier molecular flexibility index (Phi) is 6.11. The number of hydrogen-bond donors (Lipinski definition) is 2.